The summed E-state index contributed by atoms with van der Waals surface area (Å²) in [6.45, 7) is 1.54. The molecule has 1 fully saturated rings. The maximum absolute atomic E-state index is 12.7. The first-order valence-electron chi connectivity index (χ1n) is 8.48. The van der Waals surface area contributed by atoms with Crippen molar-refractivity contribution < 1.29 is 18.1 Å². The van der Waals surface area contributed by atoms with Gasteiger partial charge in [0.2, 0.25) is 10.0 Å². The molecule has 1 aromatic heterocycles. The van der Waals surface area contributed by atoms with Crippen molar-refractivity contribution in [1.82, 2.24) is 9.29 Å². The molecular weight excluding hydrogens is 372 g/mol. The summed E-state index contributed by atoms with van der Waals surface area (Å²) in [7, 11) is -3.79. The monoisotopic (exact) mass is 392 g/mol. The number of sulfonamides is 1. The highest BCUT2D eigenvalue weighted by Crippen LogP contribution is 2.29. The van der Waals surface area contributed by atoms with Gasteiger partial charge in [-0.15, -0.1) is 0 Å². The summed E-state index contributed by atoms with van der Waals surface area (Å²) in [5.41, 5.74) is 0.862. The minimum Gasteiger partial charge on any atom is -0.379 e. The number of hydrogen-bond donors (Lipinski definition) is 1. The van der Waals surface area contributed by atoms with Crippen LogP contribution < -0.4 is 5.32 Å². The molecule has 1 aliphatic heterocycles. The molecule has 1 aromatic carbocycles. The maximum Gasteiger partial charge on any atom is 0.293 e. The average Bonchev–Trinajstić information content (AvgIpc) is 2.69. The first-order chi connectivity index (χ1) is 13.0. The number of ether oxygens (including phenoxy) is 1. The van der Waals surface area contributed by atoms with E-state index in [1.54, 1.807) is 6.20 Å². The van der Waals surface area contributed by atoms with Crippen molar-refractivity contribution >= 4 is 21.4 Å². The van der Waals surface area contributed by atoms with Crippen LogP contribution in [0.25, 0.3) is 0 Å². The molecule has 27 heavy (non-hydrogen) atoms. The second-order valence-corrected chi connectivity index (χ2v) is 7.89. The lowest BCUT2D eigenvalue weighted by molar-refractivity contribution is -0.384. The van der Waals surface area contributed by atoms with Gasteiger partial charge in [0.1, 0.15) is 5.69 Å². The van der Waals surface area contributed by atoms with Crippen LogP contribution in [-0.2, 0) is 21.2 Å². The van der Waals surface area contributed by atoms with E-state index in [4.69, 9.17) is 4.74 Å². The maximum atomic E-state index is 12.7. The largest absolute Gasteiger partial charge is 0.379 e. The first kappa shape index (κ1) is 19.2. The fourth-order valence-electron chi connectivity index (χ4n) is 2.78. The summed E-state index contributed by atoms with van der Waals surface area (Å²) in [4.78, 5) is 15.0. The zero-order valence-electron chi connectivity index (χ0n) is 14.6. The van der Waals surface area contributed by atoms with Crippen LogP contribution in [0.3, 0.4) is 0 Å². The van der Waals surface area contributed by atoms with Crippen LogP contribution in [0.2, 0.25) is 0 Å². The highest BCUT2D eigenvalue weighted by atomic mass is 32.2. The van der Waals surface area contributed by atoms with E-state index in [0.717, 1.165) is 11.8 Å². The summed E-state index contributed by atoms with van der Waals surface area (Å²) < 4.78 is 31.8. The number of rotatable bonds is 7. The van der Waals surface area contributed by atoms with Crippen LogP contribution in [0.5, 0.6) is 0 Å². The molecule has 144 valence electrons. The lowest BCUT2D eigenvalue weighted by Gasteiger charge is -2.26. The number of nitrogens with zero attached hydrogens (tertiary/aromatic N) is 3. The third-order valence-corrected chi connectivity index (χ3v) is 6.09. The Balaban J connectivity index is 1.77. The van der Waals surface area contributed by atoms with Gasteiger partial charge in [0.25, 0.3) is 5.69 Å². The standard InChI is InChI=1S/C17H20N4O5S/c22-21(23)17-13-15(27(24,25)20-9-11-26-12-10-20)4-5-16(17)19-8-6-14-3-1-2-7-18-14/h1-5,7,13,19H,6,8-12H2. The van der Waals surface area contributed by atoms with Crippen molar-refractivity contribution in [1.29, 1.82) is 0 Å². The van der Waals surface area contributed by atoms with E-state index in [1.807, 2.05) is 18.2 Å². The molecule has 1 aliphatic rings. The lowest BCUT2D eigenvalue weighted by Crippen LogP contribution is -2.40. The van der Waals surface area contributed by atoms with E-state index in [-0.39, 0.29) is 29.4 Å². The zero-order chi connectivity index (χ0) is 19.3. The Bertz CT molecular complexity index is 899. The molecule has 1 saturated heterocycles. The SMILES string of the molecule is O=[N+]([O-])c1cc(S(=O)(=O)N2CCOCC2)ccc1NCCc1ccccn1. The lowest BCUT2D eigenvalue weighted by atomic mass is 10.2. The third kappa shape index (κ3) is 4.59. The van der Waals surface area contributed by atoms with Crippen molar-refractivity contribution in [3.05, 3.63) is 58.4 Å². The number of nitro groups is 1. The van der Waals surface area contributed by atoms with Crippen LogP contribution in [0, 0.1) is 10.1 Å². The van der Waals surface area contributed by atoms with Gasteiger partial charge in [-0.05, 0) is 24.3 Å². The number of hydrogen-bond acceptors (Lipinski definition) is 7. The molecular formula is C17H20N4O5S. The number of nitro benzene ring substituents is 1. The Kier molecular flexibility index (Phi) is 5.99. The van der Waals surface area contributed by atoms with Gasteiger partial charge in [-0.1, -0.05) is 6.07 Å². The van der Waals surface area contributed by atoms with Crippen LogP contribution in [0.15, 0.2) is 47.5 Å². The molecule has 3 rings (SSSR count). The highest BCUT2D eigenvalue weighted by Gasteiger charge is 2.28. The van der Waals surface area contributed by atoms with Crippen LogP contribution in [0.1, 0.15) is 5.69 Å². The van der Waals surface area contributed by atoms with Crippen LogP contribution >= 0.6 is 0 Å². The van der Waals surface area contributed by atoms with Gasteiger partial charge in [0, 0.05) is 44.0 Å². The first-order valence-corrected chi connectivity index (χ1v) is 9.92. The molecule has 0 aliphatic carbocycles. The highest BCUT2D eigenvalue weighted by molar-refractivity contribution is 7.89. The van der Waals surface area contributed by atoms with Crippen molar-refractivity contribution in [2.24, 2.45) is 0 Å². The van der Waals surface area contributed by atoms with Gasteiger partial charge in [-0.3, -0.25) is 15.1 Å². The van der Waals surface area contributed by atoms with Gasteiger partial charge in [0.15, 0.2) is 0 Å². The van der Waals surface area contributed by atoms with E-state index in [9.17, 15) is 18.5 Å². The molecule has 0 spiro atoms. The number of morpholine rings is 1. The van der Waals surface area contributed by atoms with Crippen molar-refractivity contribution in [2.75, 3.05) is 38.2 Å². The summed E-state index contributed by atoms with van der Waals surface area (Å²) in [5.74, 6) is 0. The minimum absolute atomic E-state index is 0.0913. The topological polar surface area (TPSA) is 115 Å². The Hall–Kier alpha value is -2.56. The number of nitrogens with one attached hydrogen (secondary N) is 1. The zero-order valence-corrected chi connectivity index (χ0v) is 15.4. The molecule has 0 amide bonds. The van der Waals surface area contributed by atoms with E-state index in [1.165, 1.54) is 16.4 Å². The van der Waals surface area contributed by atoms with E-state index >= 15 is 0 Å². The van der Waals surface area contributed by atoms with Gasteiger partial charge >= 0.3 is 0 Å². The molecule has 0 atom stereocenters. The number of pyridine rings is 1. The number of anilines is 1. The molecule has 9 nitrogen and oxygen atoms in total. The molecule has 10 heteroatoms. The number of benzene rings is 1. The van der Waals surface area contributed by atoms with E-state index in [2.05, 4.69) is 10.3 Å². The molecule has 1 N–H and O–H groups in total. The normalized spacial score (nSPS) is 15.4. The molecule has 2 aromatic rings. The van der Waals surface area contributed by atoms with Crippen molar-refractivity contribution in [2.45, 2.75) is 11.3 Å². The number of aromatic nitrogens is 1. The minimum atomic E-state index is -3.79. The Morgan fingerprint density at radius 3 is 2.67 bits per heavy atom. The molecule has 0 bridgehead atoms. The smallest absolute Gasteiger partial charge is 0.293 e. The molecule has 0 saturated carbocycles. The van der Waals surface area contributed by atoms with Crippen LogP contribution in [0.4, 0.5) is 11.4 Å². The average molecular weight is 392 g/mol. The predicted molar refractivity (Wildman–Crippen MR) is 99.1 cm³/mol. The van der Waals surface area contributed by atoms with E-state index < -0.39 is 14.9 Å². The molecule has 0 radical (unpaired) electrons. The summed E-state index contributed by atoms with van der Waals surface area (Å²) >= 11 is 0. The fourth-order valence-corrected chi connectivity index (χ4v) is 4.21. The van der Waals surface area contributed by atoms with Gasteiger partial charge in [0.05, 0.1) is 23.0 Å². The van der Waals surface area contributed by atoms with E-state index in [0.29, 0.717) is 26.2 Å². The van der Waals surface area contributed by atoms with Gasteiger partial charge in [-0.25, -0.2) is 8.42 Å². The van der Waals surface area contributed by atoms with Crippen molar-refractivity contribution in [3.63, 3.8) is 0 Å². The second-order valence-electron chi connectivity index (χ2n) is 5.95. The Morgan fingerprint density at radius 2 is 2.00 bits per heavy atom. The summed E-state index contributed by atoms with van der Waals surface area (Å²) in [6.07, 6.45) is 2.27. The molecule has 2 heterocycles. The van der Waals surface area contributed by atoms with Gasteiger partial charge < -0.3 is 10.1 Å². The predicted octanol–water partition coefficient (Wildman–Crippen LogP) is 1.67. The Labute approximate surface area is 157 Å². The Morgan fingerprint density at radius 1 is 1.22 bits per heavy atom. The third-order valence-electron chi connectivity index (χ3n) is 4.20. The second kappa shape index (κ2) is 8.42. The fraction of sp³-hybridized carbons (Fsp3) is 0.353. The molecule has 0 unspecified atom stereocenters. The summed E-state index contributed by atoms with van der Waals surface area (Å²) in [5, 5.41) is 14.4. The van der Waals surface area contributed by atoms with Gasteiger partial charge in [-0.2, -0.15) is 4.31 Å². The quantitative estimate of drug-likeness (QED) is 0.563. The summed E-state index contributed by atoms with van der Waals surface area (Å²) in [6, 6.07) is 9.48. The van der Waals surface area contributed by atoms with Crippen molar-refractivity contribution in [3.8, 4) is 0 Å². The van der Waals surface area contributed by atoms with Crippen LogP contribution in [-0.4, -0.2) is 55.5 Å².